The average Bonchev–Trinajstić information content (AvgIpc) is 2.67. The number of aliphatic hydroxyl groups is 1. The molecule has 21 heavy (non-hydrogen) atoms. The zero-order chi connectivity index (χ0) is 14.9. The smallest absolute Gasteiger partial charge is 0.230 e. The maximum absolute atomic E-state index is 12.9. The lowest BCUT2D eigenvalue weighted by Gasteiger charge is -2.30. The Hall–Kier alpha value is -1.55. The normalized spacial score (nSPS) is 29.2. The Balaban J connectivity index is 1.77. The zero-order valence-corrected chi connectivity index (χ0v) is 12.5. The lowest BCUT2D eigenvalue weighted by molar-refractivity contribution is -0.133. The molecule has 2 heterocycles. The van der Waals surface area contributed by atoms with Crippen LogP contribution in [0, 0.1) is 0 Å². The molecule has 0 saturated carbocycles. The third-order valence-electron chi connectivity index (χ3n) is 4.63. The molecule has 0 aliphatic carbocycles. The summed E-state index contributed by atoms with van der Waals surface area (Å²) >= 11 is 0. The molecule has 1 saturated heterocycles. The van der Waals surface area contributed by atoms with E-state index in [9.17, 15) is 9.90 Å². The Morgan fingerprint density at radius 2 is 2.14 bits per heavy atom. The Bertz CT molecular complexity index is 527. The van der Waals surface area contributed by atoms with E-state index in [-0.39, 0.29) is 11.8 Å². The van der Waals surface area contributed by atoms with E-state index < -0.39 is 5.60 Å². The lowest BCUT2D eigenvalue weighted by atomic mass is 9.91. The highest BCUT2D eigenvalue weighted by Crippen LogP contribution is 2.35. The van der Waals surface area contributed by atoms with Crippen LogP contribution in [0.2, 0.25) is 0 Å². The van der Waals surface area contributed by atoms with Crippen molar-refractivity contribution in [2.45, 2.75) is 44.1 Å². The highest BCUT2D eigenvalue weighted by atomic mass is 16.5. The molecule has 0 spiro atoms. The van der Waals surface area contributed by atoms with Gasteiger partial charge in [-0.1, -0.05) is 18.2 Å². The van der Waals surface area contributed by atoms with Crippen LogP contribution in [-0.2, 0) is 4.79 Å². The second kappa shape index (κ2) is 5.68. The van der Waals surface area contributed by atoms with Crippen LogP contribution in [0.1, 0.15) is 44.1 Å². The van der Waals surface area contributed by atoms with Crippen molar-refractivity contribution < 1.29 is 14.6 Å². The van der Waals surface area contributed by atoms with Crippen LogP contribution in [0.5, 0.6) is 5.75 Å². The third kappa shape index (κ3) is 3.05. The Morgan fingerprint density at radius 1 is 1.33 bits per heavy atom. The molecule has 2 atom stereocenters. The average molecular weight is 289 g/mol. The topological polar surface area (TPSA) is 49.8 Å². The SMILES string of the molecule is CC1(O)CCCN(C(=O)C2CCOc3ccccc32)CC1. The van der Waals surface area contributed by atoms with Gasteiger partial charge in [-0.25, -0.2) is 0 Å². The van der Waals surface area contributed by atoms with Gasteiger partial charge in [0.1, 0.15) is 5.75 Å². The third-order valence-corrected chi connectivity index (χ3v) is 4.63. The Kier molecular flexibility index (Phi) is 3.89. The second-order valence-electron chi connectivity index (χ2n) is 6.40. The number of carbonyl (C=O) groups excluding carboxylic acids is 1. The van der Waals surface area contributed by atoms with Gasteiger partial charge in [-0.15, -0.1) is 0 Å². The quantitative estimate of drug-likeness (QED) is 0.863. The number of amides is 1. The molecule has 1 N–H and O–H groups in total. The fraction of sp³-hybridized carbons (Fsp3) is 0.588. The van der Waals surface area contributed by atoms with Crippen molar-refractivity contribution in [1.82, 2.24) is 4.90 Å². The number of fused-ring (bicyclic) bond motifs is 1. The van der Waals surface area contributed by atoms with Crippen molar-refractivity contribution in [2.75, 3.05) is 19.7 Å². The number of hydrogen-bond donors (Lipinski definition) is 1. The van der Waals surface area contributed by atoms with Crippen molar-refractivity contribution in [2.24, 2.45) is 0 Å². The van der Waals surface area contributed by atoms with Crippen LogP contribution in [0.3, 0.4) is 0 Å². The molecule has 1 amide bonds. The fourth-order valence-corrected chi connectivity index (χ4v) is 3.30. The molecular weight excluding hydrogens is 266 g/mol. The van der Waals surface area contributed by atoms with E-state index >= 15 is 0 Å². The predicted octanol–water partition coefficient (Wildman–Crippen LogP) is 2.32. The number of benzene rings is 1. The van der Waals surface area contributed by atoms with Crippen LogP contribution in [0.15, 0.2) is 24.3 Å². The highest BCUT2D eigenvalue weighted by molar-refractivity contribution is 5.85. The standard InChI is InChI=1S/C17H23NO3/c1-17(20)8-4-10-18(11-9-17)16(19)14-7-12-21-15-6-3-2-5-13(14)15/h2-3,5-6,14,20H,4,7-12H2,1H3. The van der Waals surface area contributed by atoms with Crippen LogP contribution in [-0.4, -0.2) is 41.2 Å². The molecule has 114 valence electrons. The first-order chi connectivity index (χ1) is 10.1. The van der Waals surface area contributed by atoms with Gasteiger partial charge in [0.15, 0.2) is 0 Å². The van der Waals surface area contributed by atoms with E-state index in [0.717, 1.165) is 37.1 Å². The molecule has 1 aromatic rings. The van der Waals surface area contributed by atoms with Gasteiger partial charge in [-0.2, -0.15) is 0 Å². The first-order valence-corrected chi connectivity index (χ1v) is 7.80. The van der Waals surface area contributed by atoms with Gasteiger partial charge >= 0.3 is 0 Å². The Morgan fingerprint density at radius 3 is 3.00 bits per heavy atom. The molecule has 2 aliphatic rings. The van der Waals surface area contributed by atoms with Crippen molar-refractivity contribution in [3.63, 3.8) is 0 Å². The van der Waals surface area contributed by atoms with Crippen molar-refractivity contribution in [3.05, 3.63) is 29.8 Å². The number of carbonyl (C=O) groups is 1. The summed E-state index contributed by atoms with van der Waals surface area (Å²) < 4.78 is 5.64. The van der Waals surface area contributed by atoms with E-state index in [2.05, 4.69) is 0 Å². The van der Waals surface area contributed by atoms with Gasteiger partial charge in [-0.05, 0) is 38.7 Å². The summed E-state index contributed by atoms with van der Waals surface area (Å²) in [5.41, 5.74) is 0.368. The van der Waals surface area contributed by atoms with Gasteiger partial charge in [0, 0.05) is 18.7 Å². The van der Waals surface area contributed by atoms with Crippen LogP contribution in [0.25, 0.3) is 0 Å². The first-order valence-electron chi connectivity index (χ1n) is 7.80. The maximum Gasteiger partial charge on any atom is 0.230 e. The van der Waals surface area contributed by atoms with Crippen molar-refractivity contribution in [3.8, 4) is 5.75 Å². The summed E-state index contributed by atoms with van der Waals surface area (Å²) in [4.78, 5) is 14.8. The van der Waals surface area contributed by atoms with Crippen molar-refractivity contribution >= 4 is 5.91 Å². The molecule has 0 bridgehead atoms. The molecule has 4 nitrogen and oxygen atoms in total. The van der Waals surface area contributed by atoms with Gasteiger partial charge in [0.05, 0.1) is 18.1 Å². The lowest BCUT2D eigenvalue weighted by Crippen LogP contribution is -2.38. The van der Waals surface area contributed by atoms with Crippen molar-refractivity contribution in [1.29, 1.82) is 0 Å². The minimum absolute atomic E-state index is 0.0991. The number of ether oxygens (including phenoxy) is 1. The predicted molar refractivity (Wildman–Crippen MR) is 80.3 cm³/mol. The second-order valence-corrected chi connectivity index (χ2v) is 6.40. The van der Waals surface area contributed by atoms with Crippen LogP contribution in [0.4, 0.5) is 0 Å². The summed E-state index contributed by atoms with van der Waals surface area (Å²) in [6.45, 7) is 3.85. The molecule has 2 aliphatic heterocycles. The minimum atomic E-state index is -0.636. The molecule has 1 aromatic carbocycles. The largest absolute Gasteiger partial charge is 0.493 e. The number of likely N-dealkylation sites (tertiary alicyclic amines) is 1. The van der Waals surface area contributed by atoms with Crippen LogP contribution >= 0.6 is 0 Å². The van der Waals surface area contributed by atoms with E-state index in [1.807, 2.05) is 36.1 Å². The van der Waals surface area contributed by atoms with E-state index in [0.29, 0.717) is 19.6 Å². The summed E-state index contributed by atoms with van der Waals surface area (Å²) in [6.07, 6.45) is 3.02. The number of hydrogen-bond acceptors (Lipinski definition) is 3. The van der Waals surface area contributed by atoms with Crippen LogP contribution < -0.4 is 4.74 Å². The summed E-state index contributed by atoms with van der Waals surface area (Å²) in [6, 6.07) is 7.82. The van der Waals surface area contributed by atoms with E-state index in [1.165, 1.54) is 0 Å². The van der Waals surface area contributed by atoms with E-state index in [1.54, 1.807) is 0 Å². The first kappa shape index (κ1) is 14.4. The van der Waals surface area contributed by atoms with Gasteiger partial charge < -0.3 is 14.7 Å². The van der Waals surface area contributed by atoms with Gasteiger partial charge in [0.25, 0.3) is 0 Å². The fourth-order valence-electron chi connectivity index (χ4n) is 3.30. The maximum atomic E-state index is 12.9. The number of para-hydroxylation sites is 1. The summed E-state index contributed by atoms with van der Waals surface area (Å²) in [7, 11) is 0. The molecule has 3 rings (SSSR count). The highest BCUT2D eigenvalue weighted by Gasteiger charge is 2.33. The summed E-state index contributed by atoms with van der Waals surface area (Å²) in [5.74, 6) is 0.922. The molecule has 0 radical (unpaired) electrons. The molecule has 4 heteroatoms. The van der Waals surface area contributed by atoms with Gasteiger partial charge in [-0.3, -0.25) is 4.79 Å². The monoisotopic (exact) mass is 289 g/mol. The number of nitrogens with zero attached hydrogens (tertiary/aromatic N) is 1. The summed E-state index contributed by atoms with van der Waals surface area (Å²) in [5, 5.41) is 10.2. The zero-order valence-electron chi connectivity index (χ0n) is 12.5. The Labute approximate surface area is 125 Å². The van der Waals surface area contributed by atoms with E-state index in [4.69, 9.17) is 4.74 Å². The number of rotatable bonds is 1. The minimum Gasteiger partial charge on any atom is -0.493 e. The molecule has 0 aromatic heterocycles. The molecule has 2 unspecified atom stereocenters. The molecule has 1 fully saturated rings. The van der Waals surface area contributed by atoms with Gasteiger partial charge in [0.2, 0.25) is 5.91 Å². The molecular formula is C17H23NO3.